The Kier molecular flexibility index (Phi) is 3.04. The molecule has 0 heterocycles. The molecule has 5 N–H and O–H groups in total. The number of carbonyl (C=O) groups is 1. The SMILES string of the molecule is C=C(N)/C=C(\N)CC(=O)O. The molecule has 0 aromatic heterocycles. The molecule has 4 heteroatoms. The van der Waals surface area contributed by atoms with Gasteiger partial charge in [0.25, 0.3) is 0 Å². The first-order chi connectivity index (χ1) is 4.52. The number of nitrogens with two attached hydrogens (primary N) is 2. The maximum absolute atomic E-state index is 10.00. The summed E-state index contributed by atoms with van der Waals surface area (Å²) in [5.41, 5.74) is 10.8. The van der Waals surface area contributed by atoms with Crippen LogP contribution in [0, 0.1) is 0 Å². The monoisotopic (exact) mass is 142 g/mol. The minimum Gasteiger partial charge on any atom is -0.481 e. The Morgan fingerprint density at radius 1 is 1.60 bits per heavy atom. The van der Waals surface area contributed by atoms with Crippen molar-refractivity contribution in [3.63, 3.8) is 0 Å². The minimum atomic E-state index is -0.977. The van der Waals surface area contributed by atoms with E-state index >= 15 is 0 Å². The molecule has 0 saturated heterocycles. The number of carboxylic acid groups (broad SMARTS) is 1. The number of rotatable bonds is 3. The zero-order valence-corrected chi connectivity index (χ0v) is 5.50. The molecule has 0 fully saturated rings. The number of hydrogen-bond donors (Lipinski definition) is 3. The van der Waals surface area contributed by atoms with Crippen LogP contribution in [-0.4, -0.2) is 11.1 Å². The molecule has 4 nitrogen and oxygen atoms in total. The molecule has 0 radical (unpaired) electrons. The molecule has 0 saturated carbocycles. The van der Waals surface area contributed by atoms with Crippen molar-refractivity contribution in [3.05, 3.63) is 24.0 Å². The van der Waals surface area contributed by atoms with E-state index < -0.39 is 5.97 Å². The first-order valence-electron chi connectivity index (χ1n) is 2.64. The Labute approximate surface area is 58.8 Å². The van der Waals surface area contributed by atoms with Gasteiger partial charge in [-0.05, 0) is 6.08 Å². The lowest BCUT2D eigenvalue weighted by molar-refractivity contribution is -0.136. The summed E-state index contributed by atoms with van der Waals surface area (Å²) in [6.07, 6.45) is 1.13. The van der Waals surface area contributed by atoms with E-state index in [1.807, 2.05) is 0 Å². The zero-order valence-electron chi connectivity index (χ0n) is 5.50. The predicted octanol–water partition coefficient (Wildman–Crippen LogP) is -0.224. The van der Waals surface area contributed by atoms with Crippen LogP contribution in [0.4, 0.5) is 0 Å². The number of carboxylic acids is 1. The normalized spacial score (nSPS) is 11.0. The summed E-state index contributed by atoms with van der Waals surface area (Å²) in [4.78, 5) is 10.00. The van der Waals surface area contributed by atoms with E-state index in [4.69, 9.17) is 16.6 Å². The molecule has 0 aromatic rings. The van der Waals surface area contributed by atoms with Crippen LogP contribution in [0.1, 0.15) is 6.42 Å². The summed E-state index contributed by atoms with van der Waals surface area (Å²) >= 11 is 0. The van der Waals surface area contributed by atoms with Crippen LogP contribution >= 0.6 is 0 Å². The average molecular weight is 142 g/mol. The van der Waals surface area contributed by atoms with Crippen LogP contribution in [-0.2, 0) is 4.79 Å². The molecule has 0 aliphatic rings. The third-order valence-corrected chi connectivity index (χ3v) is 0.726. The second kappa shape index (κ2) is 3.55. The van der Waals surface area contributed by atoms with E-state index in [1.165, 1.54) is 6.08 Å². The molecule has 0 aliphatic carbocycles. The summed E-state index contributed by atoms with van der Waals surface area (Å²) in [6.45, 7) is 3.33. The number of aliphatic carboxylic acids is 1. The van der Waals surface area contributed by atoms with Gasteiger partial charge in [-0.3, -0.25) is 4.79 Å². The lowest BCUT2D eigenvalue weighted by Crippen LogP contribution is -2.06. The molecule has 0 unspecified atom stereocenters. The van der Waals surface area contributed by atoms with Crippen molar-refractivity contribution in [3.8, 4) is 0 Å². The molecule has 0 rings (SSSR count). The summed E-state index contributed by atoms with van der Waals surface area (Å²) in [6, 6.07) is 0. The van der Waals surface area contributed by atoms with Gasteiger partial charge < -0.3 is 16.6 Å². The van der Waals surface area contributed by atoms with Gasteiger partial charge in [-0.15, -0.1) is 0 Å². The molecule has 10 heavy (non-hydrogen) atoms. The van der Waals surface area contributed by atoms with Crippen molar-refractivity contribution in [2.24, 2.45) is 11.5 Å². The molecule has 0 spiro atoms. The first kappa shape index (κ1) is 8.55. The van der Waals surface area contributed by atoms with Crippen molar-refractivity contribution in [2.75, 3.05) is 0 Å². The van der Waals surface area contributed by atoms with Crippen LogP contribution in [0.3, 0.4) is 0 Å². The van der Waals surface area contributed by atoms with Gasteiger partial charge >= 0.3 is 5.97 Å². The van der Waals surface area contributed by atoms with Crippen molar-refractivity contribution < 1.29 is 9.90 Å². The molecule has 0 atom stereocenters. The predicted molar refractivity (Wildman–Crippen MR) is 37.9 cm³/mol. The highest BCUT2D eigenvalue weighted by Crippen LogP contribution is 1.94. The van der Waals surface area contributed by atoms with E-state index in [2.05, 4.69) is 6.58 Å². The summed E-state index contributed by atoms with van der Waals surface area (Å²) < 4.78 is 0. The van der Waals surface area contributed by atoms with E-state index in [1.54, 1.807) is 0 Å². The standard InChI is InChI=1S/C6H10N2O2/c1-4(7)2-5(8)3-6(9)10/h2H,1,3,7-8H2,(H,9,10)/b5-2-. The van der Waals surface area contributed by atoms with Crippen LogP contribution in [0.15, 0.2) is 24.0 Å². The number of hydrogen-bond acceptors (Lipinski definition) is 3. The Morgan fingerprint density at radius 2 is 2.10 bits per heavy atom. The van der Waals surface area contributed by atoms with E-state index in [0.717, 1.165) is 0 Å². The van der Waals surface area contributed by atoms with E-state index in [9.17, 15) is 4.79 Å². The first-order valence-corrected chi connectivity index (χ1v) is 2.64. The van der Waals surface area contributed by atoms with Crippen molar-refractivity contribution in [1.29, 1.82) is 0 Å². The third kappa shape index (κ3) is 4.70. The Morgan fingerprint density at radius 3 is 2.40 bits per heavy atom. The number of allylic oxidation sites excluding steroid dienone is 1. The molecular weight excluding hydrogens is 132 g/mol. The fourth-order valence-electron chi connectivity index (χ4n) is 0.464. The molecule has 0 amide bonds. The van der Waals surface area contributed by atoms with Gasteiger partial charge in [-0.1, -0.05) is 6.58 Å². The zero-order chi connectivity index (χ0) is 8.15. The third-order valence-electron chi connectivity index (χ3n) is 0.726. The van der Waals surface area contributed by atoms with E-state index in [0.29, 0.717) is 0 Å². The van der Waals surface area contributed by atoms with Gasteiger partial charge in [0.05, 0.1) is 6.42 Å². The lowest BCUT2D eigenvalue weighted by atomic mass is 10.3. The minimum absolute atomic E-state index is 0.198. The highest BCUT2D eigenvalue weighted by molar-refractivity contribution is 5.69. The van der Waals surface area contributed by atoms with E-state index in [-0.39, 0.29) is 17.8 Å². The van der Waals surface area contributed by atoms with Gasteiger partial charge in [0.2, 0.25) is 0 Å². The van der Waals surface area contributed by atoms with Crippen molar-refractivity contribution >= 4 is 5.97 Å². The van der Waals surface area contributed by atoms with Gasteiger partial charge in [-0.2, -0.15) is 0 Å². The molecular formula is C6H10N2O2. The maximum Gasteiger partial charge on any atom is 0.309 e. The largest absolute Gasteiger partial charge is 0.481 e. The van der Waals surface area contributed by atoms with Crippen LogP contribution in [0.25, 0.3) is 0 Å². The summed E-state index contributed by atoms with van der Waals surface area (Å²) in [5, 5.41) is 8.21. The van der Waals surface area contributed by atoms with Gasteiger partial charge in [0.15, 0.2) is 0 Å². The van der Waals surface area contributed by atoms with Crippen molar-refractivity contribution in [2.45, 2.75) is 6.42 Å². The van der Waals surface area contributed by atoms with Crippen LogP contribution in [0.2, 0.25) is 0 Å². The second-order valence-electron chi connectivity index (χ2n) is 1.86. The Hall–Kier alpha value is -1.45. The lowest BCUT2D eigenvalue weighted by Gasteiger charge is -1.94. The van der Waals surface area contributed by atoms with Crippen molar-refractivity contribution in [1.82, 2.24) is 0 Å². The smallest absolute Gasteiger partial charge is 0.309 e. The van der Waals surface area contributed by atoms with Gasteiger partial charge in [0, 0.05) is 11.4 Å². The van der Waals surface area contributed by atoms with Gasteiger partial charge in [0.1, 0.15) is 0 Å². The fourth-order valence-corrected chi connectivity index (χ4v) is 0.464. The quantitative estimate of drug-likeness (QED) is 0.475. The molecule has 0 bridgehead atoms. The van der Waals surface area contributed by atoms with Crippen LogP contribution < -0.4 is 11.5 Å². The topological polar surface area (TPSA) is 89.3 Å². The van der Waals surface area contributed by atoms with Gasteiger partial charge in [-0.25, -0.2) is 0 Å². The van der Waals surface area contributed by atoms with Crippen LogP contribution in [0.5, 0.6) is 0 Å². The fraction of sp³-hybridized carbons (Fsp3) is 0.167. The summed E-state index contributed by atoms with van der Waals surface area (Å²) in [7, 11) is 0. The maximum atomic E-state index is 10.00. The molecule has 0 aromatic carbocycles. The Bertz CT molecular complexity index is 184. The average Bonchev–Trinajstić information content (AvgIpc) is 1.58. The highest BCUT2D eigenvalue weighted by Gasteiger charge is 1.97. The summed E-state index contributed by atoms with van der Waals surface area (Å²) in [5.74, 6) is -0.977. The molecule has 0 aliphatic heterocycles. The molecule has 56 valence electrons. The Balaban J connectivity index is 3.95. The second-order valence-corrected chi connectivity index (χ2v) is 1.86. The highest BCUT2D eigenvalue weighted by atomic mass is 16.4.